The SMILES string of the molecule is O=C(NCCNC/C=C/CCl)C1CC1. The van der Waals surface area contributed by atoms with E-state index in [1.807, 2.05) is 12.2 Å². The van der Waals surface area contributed by atoms with Crippen LogP contribution in [0.2, 0.25) is 0 Å². The normalized spacial score (nSPS) is 16.1. The minimum atomic E-state index is 0.211. The number of carbonyl (C=O) groups is 1. The van der Waals surface area contributed by atoms with Crippen LogP contribution in [0.4, 0.5) is 0 Å². The smallest absolute Gasteiger partial charge is 0.223 e. The number of halogens is 1. The number of amides is 1. The van der Waals surface area contributed by atoms with Crippen LogP contribution in [0.5, 0.6) is 0 Å². The summed E-state index contributed by atoms with van der Waals surface area (Å²) in [4.78, 5) is 11.2. The standard InChI is InChI=1S/C10H17ClN2O/c11-5-1-2-6-12-7-8-13-10(14)9-3-4-9/h1-2,9,12H,3-8H2,(H,13,14)/b2-1+. The lowest BCUT2D eigenvalue weighted by Crippen LogP contribution is -2.32. The highest BCUT2D eigenvalue weighted by molar-refractivity contribution is 6.18. The van der Waals surface area contributed by atoms with Crippen LogP contribution >= 0.6 is 11.6 Å². The summed E-state index contributed by atoms with van der Waals surface area (Å²) < 4.78 is 0. The van der Waals surface area contributed by atoms with Gasteiger partial charge in [-0.2, -0.15) is 0 Å². The van der Waals surface area contributed by atoms with Crippen molar-refractivity contribution in [3.05, 3.63) is 12.2 Å². The molecule has 1 saturated carbocycles. The van der Waals surface area contributed by atoms with Gasteiger partial charge in [-0.05, 0) is 12.8 Å². The molecule has 1 fully saturated rings. The van der Waals surface area contributed by atoms with Gasteiger partial charge >= 0.3 is 0 Å². The molecule has 0 aromatic carbocycles. The molecule has 4 heteroatoms. The second-order valence-corrected chi connectivity index (χ2v) is 3.70. The average molecular weight is 217 g/mol. The molecule has 0 aliphatic heterocycles. The second-order valence-electron chi connectivity index (χ2n) is 3.40. The maximum Gasteiger partial charge on any atom is 0.223 e. The van der Waals surface area contributed by atoms with Gasteiger partial charge in [-0.1, -0.05) is 12.2 Å². The minimum absolute atomic E-state index is 0.211. The Bertz CT molecular complexity index is 202. The molecule has 0 atom stereocenters. The molecule has 0 unspecified atom stereocenters. The van der Waals surface area contributed by atoms with Crippen molar-refractivity contribution < 1.29 is 4.79 Å². The number of carbonyl (C=O) groups excluding carboxylic acids is 1. The van der Waals surface area contributed by atoms with Gasteiger partial charge in [0.2, 0.25) is 5.91 Å². The molecular formula is C10H17ClN2O. The third-order valence-corrected chi connectivity index (χ3v) is 2.25. The summed E-state index contributed by atoms with van der Waals surface area (Å²) in [5.41, 5.74) is 0. The van der Waals surface area contributed by atoms with E-state index in [4.69, 9.17) is 11.6 Å². The molecule has 0 bridgehead atoms. The van der Waals surface area contributed by atoms with E-state index in [-0.39, 0.29) is 5.91 Å². The van der Waals surface area contributed by atoms with Crippen LogP contribution in [0.1, 0.15) is 12.8 Å². The Labute approximate surface area is 89.9 Å². The van der Waals surface area contributed by atoms with Crippen molar-refractivity contribution in [1.82, 2.24) is 10.6 Å². The Morgan fingerprint density at radius 2 is 2.14 bits per heavy atom. The van der Waals surface area contributed by atoms with Crippen LogP contribution in [0.25, 0.3) is 0 Å². The molecule has 14 heavy (non-hydrogen) atoms. The van der Waals surface area contributed by atoms with E-state index in [0.717, 1.165) is 25.9 Å². The molecule has 0 radical (unpaired) electrons. The second kappa shape index (κ2) is 6.85. The van der Waals surface area contributed by atoms with Gasteiger partial charge in [0.15, 0.2) is 0 Å². The highest BCUT2D eigenvalue weighted by Gasteiger charge is 2.28. The number of allylic oxidation sites excluding steroid dienone is 1. The fourth-order valence-electron chi connectivity index (χ4n) is 1.10. The molecule has 0 saturated heterocycles. The number of hydrogen-bond donors (Lipinski definition) is 2. The van der Waals surface area contributed by atoms with Crippen LogP contribution in [0, 0.1) is 5.92 Å². The topological polar surface area (TPSA) is 41.1 Å². The third kappa shape index (κ3) is 5.25. The fraction of sp³-hybridized carbons (Fsp3) is 0.700. The van der Waals surface area contributed by atoms with Gasteiger partial charge in [-0.15, -0.1) is 11.6 Å². The first-order valence-corrected chi connectivity index (χ1v) is 5.57. The zero-order valence-electron chi connectivity index (χ0n) is 8.26. The third-order valence-electron chi connectivity index (χ3n) is 2.07. The first kappa shape index (κ1) is 11.5. The first-order chi connectivity index (χ1) is 6.84. The molecule has 0 spiro atoms. The zero-order chi connectivity index (χ0) is 10.2. The van der Waals surface area contributed by atoms with Crippen molar-refractivity contribution in [3.8, 4) is 0 Å². The summed E-state index contributed by atoms with van der Waals surface area (Å²) in [6, 6.07) is 0. The van der Waals surface area contributed by atoms with E-state index in [0.29, 0.717) is 18.3 Å². The molecule has 0 aromatic rings. The number of hydrogen-bond acceptors (Lipinski definition) is 2. The first-order valence-electron chi connectivity index (χ1n) is 5.04. The molecule has 80 valence electrons. The Hall–Kier alpha value is -0.540. The summed E-state index contributed by atoms with van der Waals surface area (Å²) in [5.74, 6) is 1.08. The van der Waals surface area contributed by atoms with Gasteiger partial charge in [0, 0.05) is 31.4 Å². The number of rotatable bonds is 7. The maximum absolute atomic E-state index is 11.2. The summed E-state index contributed by atoms with van der Waals surface area (Å²) in [6.07, 6.45) is 6.02. The highest BCUT2D eigenvalue weighted by atomic mass is 35.5. The Morgan fingerprint density at radius 3 is 2.79 bits per heavy atom. The molecule has 2 N–H and O–H groups in total. The van der Waals surface area contributed by atoms with E-state index < -0.39 is 0 Å². The van der Waals surface area contributed by atoms with Crippen LogP contribution in [0.15, 0.2) is 12.2 Å². The van der Waals surface area contributed by atoms with E-state index >= 15 is 0 Å². The highest BCUT2D eigenvalue weighted by Crippen LogP contribution is 2.28. The van der Waals surface area contributed by atoms with Gasteiger partial charge in [-0.3, -0.25) is 4.79 Å². The summed E-state index contributed by atoms with van der Waals surface area (Å²) in [7, 11) is 0. The zero-order valence-corrected chi connectivity index (χ0v) is 9.02. The van der Waals surface area contributed by atoms with Crippen molar-refractivity contribution in [1.29, 1.82) is 0 Å². The van der Waals surface area contributed by atoms with Gasteiger partial charge in [0.05, 0.1) is 0 Å². The molecule has 0 aromatic heterocycles. The molecule has 3 nitrogen and oxygen atoms in total. The predicted octanol–water partition coefficient (Wildman–Crippen LogP) is 0.897. The Morgan fingerprint density at radius 1 is 1.36 bits per heavy atom. The van der Waals surface area contributed by atoms with Crippen LogP contribution in [-0.2, 0) is 4.79 Å². The fourth-order valence-corrected chi connectivity index (χ4v) is 1.22. The maximum atomic E-state index is 11.2. The molecule has 0 heterocycles. The van der Waals surface area contributed by atoms with Crippen molar-refractivity contribution in [2.45, 2.75) is 12.8 Å². The van der Waals surface area contributed by atoms with E-state index in [9.17, 15) is 4.79 Å². The lowest BCUT2D eigenvalue weighted by atomic mass is 10.4. The summed E-state index contributed by atoms with van der Waals surface area (Å²) in [5, 5.41) is 6.06. The van der Waals surface area contributed by atoms with Crippen molar-refractivity contribution in [3.63, 3.8) is 0 Å². The Kier molecular flexibility index (Phi) is 5.64. The molecule has 1 aliphatic carbocycles. The van der Waals surface area contributed by atoms with Crippen molar-refractivity contribution >= 4 is 17.5 Å². The monoisotopic (exact) mass is 216 g/mol. The van der Waals surface area contributed by atoms with Crippen LogP contribution in [0.3, 0.4) is 0 Å². The van der Waals surface area contributed by atoms with E-state index in [1.54, 1.807) is 0 Å². The van der Waals surface area contributed by atoms with E-state index in [2.05, 4.69) is 10.6 Å². The molecule has 1 rings (SSSR count). The molecule has 1 amide bonds. The Balaban J connectivity index is 1.84. The van der Waals surface area contributed by atoms with Crippen LogP contribution < -0.4 is 10.6 Å². The average Bonchev–Trinajstić information content (AvgIpc) is 2.99. The molecule has 1 aliphatic rings. The quantitative estimate of drug-likeness (QED) is 0.377. The van der Waals surface area contributed by atoms with E-state index in [1.165, 1.54) is 0 Å². The number of alkyl halides is 1. The predicted molar refractivity (Wildman–Crippen MR) is 58.5 cm³/mol. The van der Waals surface area contributed by atoms with Crippen molar-refractivity contribution in [2.75, 3.05) is 25.5 Å². The van der Waals surface area contributed by atoms with Gasteiger partial charge in [0.25, 0.3) is 0 Å². The van der Waals surface area contributed by atoms with Crippen molar-refractivity contribution in [2.24, 2.45) is 5.92 Å². The summed E-state index contributed by atoms with van der Waals surface area (Å²) >= 11 is 5.45. The van der Waals surface area contributed by atoms with Crippen LogP contribution in [-0.4, -0.2) is 31.4 Å². The van der Waals surface area contributed by atoms with Gasteiger partial charge in [-0.25, -0.2) is 0 Å². The lowest BCUT2D eigenvalue weighted by molar-refractivity contribution is -0.122. The largest absolute Gasteiger partial charge is 0.355 e. The van der Waals surface area contributed by atoms with Gasteiger partial charge < -0.3 is 10.6 Å². The summed E-state index contributed by atoms with van der Waals surface area (Å²) in [6.45, 7) is 2.33. The number of nitrogens with one attached hydrogen (secondary N) is 2. The minimum Gasteiger partial charge on any atom is -0.355 e. The van der Waals surface area contributed by atoms with Gasteiger partial charge in [0.1, 0.15) is 0 Å². The lowest BCUT2D eigenvalue weighted by Gasteiger charge is -2.03. The molecular weight excluding hydrogens is 200 g/mol.